The van der Waals surface area contributed by atoms with Crippen molar-refractivity contribution in [3.8, 4) is 11.4 Å². The van der Waals surface area contributed by atoms with E-state index >= 15 is 0 Å². The highest BCUT2D eigenvalue weighted by Crippen LogP contribution is 2.14. The van der Waals surface area contributed by atoms with Gasteiger partial charge in [-0.25, -0.2) is 4.98 Å². The summed E-state index contributed by atoms with van der Waals surface area (Å²) >= 11 is 0. The fraction of sp³-hybridized carbons (Fsp3) is 0.222. The molecule has 0 fully saturated rings. The van der Waals surface area contributed by atoms with Crippen molar-refractivity contribution in [2.24, 2.45) is 7.05 Å². The Morgan fingerprint density at radius 1 is 1.67 bits per heavy atom. The Hall–Kier alpha value is -2.11. The molecule has 0 aliphatic carbocycles. The van der Waals surface area contributed by atoms with Crippen LogP contribution in [0.5, 0.6) is 0 Å². The third-order valence-electron chi connectivity index (χ3n) is 2.06. The molecule has 0 bridgehead atoms. The van der Waals surface area contributed by atoms with Crippen LogP contribution >= 0.6 is 0 Å². The fourth-order valence-corrected chi connectivity index (χ4v) is 1.33. The van der Waals surface area contributed by atoms with Crippen molar-refractivity contribution in [3.05, 3.63) is 24.3 Å². The van der Waals surface area contributed by atoms with Gasteiger partial charge in [-0.2, -0.15) is 5.10 Å². The van der Waals surface area contributed by atoms with E-state index in [1.807, 2.05) is 0 Å². The number of hydrogen-bond acceptors (Lipinski definition) is 3. The van der Waals surface area contributed by atoms with Gasteiger partial charge in [-0.15, -0.1) is 0 Å². The Morgan fingerprint density at radius 2 is 2.47 bits per heavy atom. The zero-order valence-electron chi connectivity index (χ0n) is 8.14. The highest BCUT2D eigenvalue weighted by atomic mass is 16.4. The van der Waals surface area contributed by atoms with E-state index in [0.717, 1.165) is 5.69 Å². The minimum Gasteiger partial charge on any atom is -0.481 e. The third kappa shape index (κ3) is 1.88. The van der Waals surface area contributed by atoms with Crippen molar-refractivity contribution in [3.63, 3.8) is 0 Å². The minimum absolute atomic E-state index is 0.0787. The summed E-state index contributed by atoms with van der Waals surface area (Å²) in [4.78, 5) is 14.7. The molecule has 0 spiro atoms. The summed E-state index contributed by atoms with van der Waals surface area (Å²) in [7, 11) is 1.77. The Balaban J connectivity index is 2.33. The van der Waals surface area contributed by atoms with Gasteiger partial charge in [0.25, 0.3) is 0 Å². The second-order valence-corrected chi connectivity index (χ2v) is 3.19. The number of aryl methyl sites for hydroxylation is 1. The second kappa shape index (κ2) is 3.56. The molecular formula is C9H10N4O2. The molecule has 0 unspecified atom stereocenters. The lowest BCUT2D eigenvalue weighted by Crippen LogP contribution is -2.05. The van der Waals surface area contributed by atoms with Crippen molar-refractivity contribution < 1.29 is 9.90 Å². The number of carboxylic acid groups (broad SMARTS) is 1. The number of aromatic nitrogens is 4. The molecule has 0 radical (unpaired) electrons. The van der Waals surface area contributed by atoms with E-state index in [1.165, 1.54) is 0 Å². The quantitative estimate of drug-likeness (QED) is 0.763. The van der Waals surface area contributed by atoms with Crippen LogP contribution in [0.15, 0.2) is 18.5 Å². The van der Waals surface area contributed by atoms with Gasteiger partial charge in [0.1, 0.15) is 17.9 Å². The summed E-state index contributed by atoms with van der Waals surface area (Å²) in [5.74, 6) is -0.369. The Labute approximate surface area is 85.6 Å². The van der Waals surface area contributed by atoms with E-state index in [4.69, 9.17) is 5.11 Å². The molecule has 0 aliphatic heterocycles. The lowest BCUT2D eigenvalue weighted by molar-refractivity contribution is -0.136. The van der Waals surface area contributed by atoms with E-state index < -0.39 is 5.97 Å². The summed E-state index contributed by atoms with van der Waals surface area (Å²) < 4.78 is 1.70. The molecular weight excluding hydrogens is 196 g/mol. The Kier molecular flexibility index (Phi) is 2.24. The number of nitrogens with one attached hydrogen (secondary N) is 1. The molecule has 2 heterocycles. The van der Waals surface area contributed by atoms with Crippen LogP contribution in [0.1, 0.15) is 5.82 Å². The van der Waals surface area contributed by atoms with Crippen LogP contribution in [-0.4, -0.2) is 30.8 Å². The van der Waals surface area contributed by atoms with Gasteiger partial charge in [-0.3, -0.25) is 9.89 Å². The van der Waals surface area contributed by atoms with E-state index in [9.17, 15) is 4.79 Å². The molecule has 0 atom stereocenters. The molecule has 6 heteroatoms. The van der Waals surface area contributed by atoms with E-state index in [2.05, 4.69) is 15.2 Å². The van der Waals surface area contributed by atoms with E-state index in [0.29, 0.717) is 11.5 Å². The molecule has 78 valence electrons. The number of rotatable bonds is 3. The van der Waals surface area contributed by atoms with Gasteiger partial charge in [0.15, 0.2) is 0 Å². The van der Waals surface area contributed by atoms with Gasteiger partial charge in [-0.1, -0.05) is 0 Å². The lowest BCUT2D eigenvalue weighted by Gasteiger charge is -1.94. The molecule has 0 amide bonds. The predicted octanol–water partition coefficient (Wildman–Crippen LogP) is 0.437. The fourth-order valence-electron chi connectivity index (χ4n) is 1.33. The SMILES string of the molecule is Cn1cc(-c2ccn[nH]2)nc1CC(=O)O. The molecule has 15 heavy (non-hydrogen) atoms. The first kappa shape index (κ1) is 9.45. The number of aromatic amines is 1. The van der Waals surface area contributed by atoms with E-state index in [1.54, 1.807) is 30.1 Å². The molecule has 0 saturated carbocycles. The van der Waals surface area contributed by atoms with Gasteiger partial charge in [0.2, 0.25) is 0 Å². The van der Waals surface area contributed by atoms with Crippen LogP contribution in [0.4, 0.5) is 0 Å². The number of H-pyrrole nitrogens is 1. The van der Waals surface area contributed by atoms with E-state index in [-0.39, 0.29) is 6.42 Å². The zero-order chi connectivity index (χ0) is 10.8. The minimum atomic E-state index is -0.889. The van der Waals surface area contributed by atoms with Crippen LogP contribution in [0, 0.1) is 0 Å². The average Bonchev–Trinajstić information content (AvgIpc) is 2.75. The number of carboxylic acids is 1. The van der Waals surface area contributed by atoms with Gasteiger partial charge in [0, 0.05) is 19.4 Å². The summed E-state index contributed by atoms with van der Waals surface area (Å²) in [6.07, 6.45) is 3.32. The van der Waals surface area contributed by atoms with Crippen molar-refractivity contribution in [1.82, 2.24) is 19.7 Å². The molecule has 6 nitrogen and oxygen atoms in total. The first-order chi connectivity index (χ1) is 7.16. The van der Waals surface area contributed by atoms with Crippen LogP contribution < -0.4 is 0 Å². The highest BCUT2D eigenvalue weighted by molar-refractivity contribution is 5.69. The van der Waals surface area contributed by atoms with Crippen LogP contribution in [0.25, 0.3) is 11.4 Å². The summed E-state index contributed by atoms with van der Waals surface area (Å²) in [5.41, 5.74) is 1.48. The largest absolute Gasteiger partial charge is 0.481 e. The first-order valence-electron chi connectivity index (χ1n) is 4.40. The molecule has 0 aliphatic rings. The van der Waals surface area contributed by atoms with Crippen molar-refractivity contribution in [2.45, 2.75) is 6.42 Å². The summed E-state index contributed by atoms with van der Waals surface area (Å²) in [6, 6.07) is 1.78. The highest BCUT2D eigenvalue weighted by Gasteiger charge is 2.10. The average molecular weight is 206 g/mol. The van der Waals surface area contributed by atoms with Crippen molar-refractivity contribution in [1.29, 1.82) is 0 Å². The topological polar surface area (TPSA) is 83.8 Å². The zero-order valence-corrected chi connectivity index (χ0v) is 8.14. The Bertz CT molecular complexity index is 472. The maximum absolute atomic E-state index is 10.5. The van der Waals surface area contributed by atoms with Gasteiger partial charge in [-0.05, 0) is 6.07 Å². The van der Waals surface area contributed by atoms with Crippen LogP contribution in [0.2, 0.25) is 0 Å². The van der Waals surface area contributed by atoms with Crippen LogP contribution in [-0.2, 0) is 18.3 Å². The predicted molar refractivity (Wildman–Crippen MR) is 52.1 cm³/mol. The Morgan fingerprint density at radius 3 is 3.07 bits per heavy atom. The summed E-state index contributed by atoms with van der Waals surface area (Å²) in [5, 5.41) is 15.2. The third-order valence-corrected chi connectivity index (χ3v) is 2.06. The summed E-state index contributed by atoms with van der Waals surface area (Å²) in [6.45, 7) is 0. The number of carbonyl (C=O) groups is 1. The lowest BCUT2D eigenvalue weighted by atomic mass is 10.3. The van der Waals surface area contributed by atoms with Gasteiger partial charge >= 0.3 is 5.97 Å². The van der Waals surface area contributed by atoms with Gasteiger partial charge < -0.3 is 9.67 Å². The smallest absolute Gasteiger partial charge is 0.311 e. The maximum atomic E-state index is 10.5. The molecule has 2 aromatic heterocycles. The number of hydrogen-bond donors (Lipinski definition) is 2. The molecule has 2 aromatic rings. The monoisotopic (exact) mass is 206 g/mol. The molecule has 2 rings (SSSR count). The van der Waals surface area contributed by atoms with Crippen molar-refractivity contribution >= 4 is 5.97 Å². The van der Waals surface area contributed by atoms with Crippen LogP contribution in [0.3, 0.4) is 0 Å². The standard InChI is InChI=1S/C9H10N4O2/c1-13-5-7(6-2-3-10-12-6)11-8(13)4-9(14)15/h2-3,5H,4H2,1H3,(H,10,12)(H,14,15). The normalized spacial score (nSPS) is 10.5. The molecule has 2 N–H and O–H groups in total. The second-order valence-electron chi connectivity index (χ2n) is 3.19. The van der Waals surface area contributed by atoms with Crippen molar-refractivity contribution in [2.75, 3.05) is 0 Å². The maximum Gasteiger partial charge on any atom is 0.311 e. The van der Waals surface area contributed by atoms with Gasteiger partial charge in [0.05, 0.1) is 5.69 Å². The molecule has 0 saturated heterocycles. The first-order valence-corrected chi connectivity index (χ1v) is 4.40. The molecule has 0 aromatic carbocycles. The number of aliphatic carboxylic acids is 1. The number of nitrogens with zero attached hydrogens (tertiary/aromatic N) is 3. The number of imidazole rings is 1.